The summed E-state index contributed by atoms with van der Waals surface area (Å²) < 4.78 is 10.7. The van der Waals surface area contributed by atoms with E-state index in [-0.39, 0.29) is 5.60 Å². The summed E-state index contributed by atoms with van der Waals surface area (Å²) in [7, 11) is 3.56. The minimum atomic E-state index is 0.0520. The Hall–Kier alpha value is -0.160. The molecule has 1 N–H and O–H groups in total. The zero-order valence-electron chi connectivity index (χ0n) is 11.8. The Kier molecular flexibility index (Phi) is 6.41. The fourth-order valence-corrected chi connectivity index (χ4v) is 2.44. The minimum Gasteiger partial charge on any atom is -0.383 e. The van der Waals surface area contributed by atoms with Gasteiger partial charge in [0.15, 0.2) is 0 Å². The molecule has 1 saturated heterocycles. The van der Waals surface area contributed by atoms with Crippen LogP contribution >= 0.6 is 0 Å². The molecule has 0 radical (unpaired) electrons. The molecule has 2 unspecified atom stereocenters. The van der Waals surface area contributed by atoms with Crippen molar-refractivity contribution in [2.45, 2.75) is 38.3 Å². The van der Waals surface area contributed by atoms with Gasteiger partial charge >= 0.3 is 0 Å². The lowest BCUT2D eigenvalue weighted by atomic mass is 9.95. The van der Waals surface area contributed by atoms with E-state index in [2.05, 4.69) is 24.1 Å². The first kappa shape index (κ1) is 14.9. The van der Waals surface area contributed by atoms with Crippen molar-refractivity contribution in [3.05, 3.63) is 0 Å². The van der Waals surface area contributed by atoms with E-state index in [4.69, 9.17) is 9.47 Å². The molecule has 102 valence electrons. The van der Waals surface area contributed by atoms with E-state index in [1.165, 1.54) is 19.4 Å². The molecule has 4 heteroatoms. The second-order valence-electron chi connectivity index (χ2n) is 5.34. The van der Waals surface area contributed by atoms with Gasteiger partial charge in [-0.3, -0.25) is 4.90 Å². The van der Waals surface area contributed by atoms with Crippen LogP contribution in [0.25, 0.3) is 0 Å². The molecule has 4 nitrogen and oxygen atoms in total. The Balaban J connectivity index is 2.19. The number of methoxy groups -OCH3 is 2. The van der Waals surface area contributed by atoms with Crippen molar-refractivity contribution < 1.29 is 9.47 Å². The third kappa shape index (κ3) is 5.34. The third-order valence-corrected chi connectivity index (χ3v) is 3.57. The fraction of sp³-hybridized carbons (Fsp3) is 1.00. The monoisotopic (exact) mass is 244 g/mol. The summed E-state index contributed by atoms with van der Waals surface area (Å²) in [5.74, 6) is 0. The number of rotatable bonds is 7. The number of hydrogen-bond acceptors (Lipinski definition) is 4. The van der Waals surface area contributed by atoms with Crippen LogP contribution in [0.5, 0.6) is 0 Å². The van der Waals surface area contributed by atoms with E-state index in [0.717, 1.165) is 26.2 Å². The number of nitrogens with one attached hydrogen (secondary N) is 1. The van der Waals surface area contributed by atoms with Gasteiger partial charge in [-0.15, -0.1) is 0 Å². The van der Waals surface area contributed by atoms with E-state index in [1.54, 1.807) is 7.11 Å². The predicted molar refractivity (Wildman–Crippen MR) is 70.4 cm³/mol. The molecule has 0 aromatic heterocycles. The van der Waals surface area contributed by atoms with Crippen LogP contribution in [0.15, 0.2) is 0 Å². The van der Waals surface area contributed by atoms with Crippen LogP contribution in [0.3, 0.4) is 0 Å². The number of piperidine rings is 1. The molecule has 0 aromatic carbocycles. The zero-order valence-corrected chi connectivity index (χ0v) is 11.8. The van der Waals surface area contributed by atoms with Crippen molar-refractivity contribution in [1.82, 2.24) is 10.2 Å². The maximum absolute atomic E-state index is 5.59. The quantitative estimate of drug-likeness (QED) is 0.727. The summed E-state index contributed by atoms with van der Waals surface area (Å²) in [6.45, 7) is 9.48. The number of likely N-dealkylation sites (tertiary alicyclic amines) is 1. The molecule has 2 atom stereocenters. The first-order chi connectivity index (χ1) is 8.09. The summed E-state index contributed by atoms with van der Waals surface area (Å²) in [4.78, 5) is 2.49. The average Bonchev–Trinajstić information content (AvgIpc) is 2.30. The van der Waals surface area contributed by atoms with Crippen LogP contribution in [0, 0.1) is 0 Å². The molecule has 1 fully saturated rings. The first-order valence-corrected chi connectivity index (χ1v) is 6.59. The lowest BCUT2D eigenvalue weighted by molar-refractivity contribution is -0.0503. The van der Waals surface area contributed by atoms with E-state index in [0.29, 0.717) is 6.04 Å². The van der Waals surface area contributed by atoms with Crippen LogP contribution in [0.2, 0.25) is 0 Å². The van der Waals surface area contributed by atoms with E-state index >= 15 is 0 Å². The topological polar surface area (TPSA) is 33.7 Å². The van der Waals surface area contributed by atoms with Gasteiger partial charge in [-0.05, 0) is 33.2 Å². The van der Waals surface area contributed by atoms with Crippen molar-refractivity contribution in [2.75, 3.05) is 47.0 Å². The summed E-state index contributed by atoms with van der Waals surface area (Å²) in [5.41, 5.74) is 0.0520. The highest BCUT2D eigenvalue weighted by Gasteiger charge is 2.30. The Labute approximate surface area is 106 Å². The Morgan fingerprint density at radius 2 is 2.18 bits per heavy atom. The van der Waals surface area contributed by atoms with E-state index in [9.17, 15) is 0 Å². The summed E-state index contributed by atoms with van der Waals surface area (Å²) in [6.07, 6.45) is 2.41. The lowest BCUT2D eigenvalue weighted by Gasteiger charge is -2.39. The lowest BCUT2D eigenvalue weighted by Crippen LogP contribution is -2.49. The molecule has 0 spiro atoms. The zero-order chi connectivity index (χ0) is 12.7. The first-order valence-electron chi connectivity index (χ1n) is 6.59. The van der Waals surface area contributed by atoms with Crippen LogP contribution in [0.1, 0.15) is 26.7 Å². The Bertz CT molecular complexity index is 214. The van der Waals surface area contributed by atoms with Crippen LogP contribution in [-0.4, -0.2) is 63.5 Å². The highest BCUT2D eigenvalue weighted by atomic mass is 16.5. The Morgan fingerprint density at radius 3 is 2.82 bits per heavy atom. The Morgan fingerprint density at radius 1 is 1.41 bits per heavy atom. The average molecular weight is 244 g/mol. The molecule has 0 bridgehead atoms. The molecule has 1 rings (SSSR count). The van der Waals surface area contributed by atoms with Gasteiger partial charge in [0, 0.05) is 39.9 Å². The van der Waals surface area contributed by atoms with Crippen molar-refractivity contribution in [3.8, 4) is 0 Å². The standard InChI is InChI=1S/C13H28N2O2/c1-12(10-16-3)14-7-9-15-8-5-6-13(2,11-15)17-4/h12,14H,5-11H2,1-4H3. The normalized spacial score (nSPS) is 28.2. The van der Waals surface area contributed by atoms with Crippen LogP contribution in [-0.2, 0) is 9.47 Å². The second kappa shape index (κ2) is 7.31. The number of nitrogens with zero attached hydrogens (tertiary/aromatic N) is 1. The van der Waals surface area contributed by atoms with Gasteiger partial charge in [-0.2, -0.15) is 0 Å². The van der Waals surface area contributed by atoms with Gasteiger partial charge in [-0.25, -0.2) is 0 Å². The molecule has 17 heavy (non-hydrogen) atoms. The number of ether oxygens (including phenoxy) is 2. The molecular formula is C13H28N2O2. The minimum absolute atomic E-state index is 0.0520. The van der Waals surface area contributed by atoms with Crippen molar-refractivity contribution in [3.63, 3.8) is 0 Å². The van der Waals surface area contributed by atoms with Gasteiger partial charge < -0.3 is 14.8 Å². The van der Waals surface area contributed by atoms with Gasteiger partial charge in [-0.1, -0.05) is 0 Å². The maximum Gasteiger partial charge on any atom is 0.0777 e. The molecule has 0 amide bonds. The second-order valence-corrected chi connectivity index (χ2v) is 5.34. The van der Waals surface area contributed by atoms with Crippen molar-refractivity contribution in [2.24, 2.45) is 0 Å². The van der Waals surface area contributed by atoms with Gasteiger partial charge in [0.25, 0.3) is 0 Å². The molecule has 1 heterocycles. The van der Waals surface area contributed by atoms with Gasteiger partial charge in [0.1, 0.15) is 0 Å². The van der Waals surface area contributed by atoms with Crippen LogP contribution in [0.4, 0.5) is 0 Å². The fourth-order valence-electron chi connectivity index (χ4n) is 2.44. The summed E-state index contributed by atoms with van der Waals surface area (Å²) in [5, 5.41) is 3.47. The summed E-state index contributed by atoms with van der Waals surface area (Å²) >= 11 is 0. The smallest absolute Gasteiger partial charge is 0.0777 e. The maximum atomic E-state index is 5.59. The van der Waals surface area contributed by atoms with Crippen molar-refractivity contribution >= 4 is 0 Å². The van der Waals surface area contributed by atoms with Gasteiger partial charge in [0.2, 0.25) is 0 Å². The molecular weight excluding hydrogens is 216 g/mol. The van der Waals surface area contributed by atoms with Crippen LogP contribution < -0.4 is 5.32 Å². The number of hydrogen-bond donors (Lipinski definition) is 1. The third-order valence-electron chi connectivity index (χ3n) is 3.57. The summed E-state index contributed by atoms with van der Waals surface area (Å²) in [6, 6.07) is 0.429. The highest BCUT2D eigenvalue weighted by Crippen LogP contribution is 2.23. The van der Waals surface area contributed by atoms with Crippen molar-refractivity contribution in [1.29, 1.82) is 0 Å². The molecule has 1 aliphatic rings. The highest BCUT2D eigenvalue weighted by molar-refractivity contribution is 4.84. The SMILES string of the molecule is COCC(C)NCCN1CCCC(C)(OC)C1. The molecule has 0 aliphatic carbocycles. The largest absolute Gasteiger partial charge is 0.383 e. The predicted octanol–water partition coefficient (Wildman–Crippen LogP) is 1.11. The van der Waals surface area contributed by atoms with E-state index < -0.39 is 0 Å². The van der Waals surface area contributed by atoms with E-state index in [1.807, 2.05) is 7.11 Å². The molecule has 0 aromatic rings. The molecule has 1 aliphatic heterocycles. The van der Waals surface area contributed by atoms with Gasteiger partial charge in [0.05, 0.1) is 12.2 Å². The molecule has 0 saturated carbocycles.